The first kappa shape index (κ1) is 28.5. The van der Waals surface area contributed by atoms with Crippen LogP contribution in [0.1, 0.15) is 56.8 Å². The molecule has 1 heterocycles. The molecule has 0 saturated carbocycles. The number of hydrazine groups is 1. The highest BCUT2D eigenvalue weighted by molar-refractivity contribution is 7.86. The van der Waals surface area contributed by atoms with Crippen LogP contribution < -0.4 is 16.2 Å². The van der Waals surface area contributed by atoms with Crippen LogP contribution in [0.15, 0.2) is 35.2 Å². The molecule has 0 aromatic heterocycles. The molecule has 0 atom stereocenters. The summed E-state index contributed by atoms with van der Waals surface area (Å²) in [5, 5.41) is 2.48. The second-order valence-electron chi connectivity index (χ2n) is 8.79. The summed E-state index contributed by atoms with van der Waals surface area (Å²) in [7, 11) is -4.87. The SMILES string of the molecule is CC(C)(C)OC(=O)NNC(=O)c1ccc(NC(=O)CCCCCN2C(=O)C=CC2=O)cc1S(=O)(=O)O. The fourth-order valence-electron chi connectivity index (χ4n) is 3.09. The monoisotopic (exact) mass is 524 g/mol. The molecule has 36 heavy (non-hydrogen) atoms. The largest absolute Gasteiger partial charge is 0.443 e. The summed E-state index contributed by atoms with van der Waals surface area (Å²) < 4.78 is 38.1. The zero-order chi connectivity index (χ0) is 27.1. The normalized spacial score (nSPS) is 13.5. The van der Waals surface area contributed by atoms with Crippen LogP contribution in [0, 0.1) is 0 Å². The molecule has 2 rings (SSSR count). The van der Waals surface area contributed by atoms with Gasteiger partial charge in [0.15, 0.2) is 0 Å². The van der Waals surface area contributed by atoms with Gasteiger partial charge in [-0.3, -0.25) is 34.1 Å². The summed E-state index contributed by atoms with van der Waals surface area (Å²) in [5.74, 6) is -2.23. The van der Waals surface area contributed by atoms with E-state index in [1.807, 2.05) is 10.9 Å². The van der Waals surface area contributed by atoms with Crippen LogP contribution in [0.4, 0.5) is 10.5 Å². The van der Waals surface area contributed by atoms with E-state index in [-0.39, 0.29) is 30.5 Å². The van der Waals surface area contributed by atoms with Crippen LogP contribution in [0.3, 0.4) is 0 Å². The number of nitrogens with zero attached hydrogens (tertiary/aromatic N) is 1. The predicted molar refractivity (Wildman–Crippen MR) is 126 cm³/mol. The van der Waals surface area contributed by atoms with Crippen molar-refractivity contribution >= 4 is 45.5 Å². The van der Waals surface area contributed by atoms with E-state index in [9.17, 15) is 36.9 Å². The smallest absolute Gasteiger partial charge is 0.426 e. The van der Waals surface area contributed by atoms with E-state index < -0.39 is 44.1 Å². The summed E-state index contributed by atoms with van der Waals surface area (Å²) >= 11 is 0. The second kappa shape index (κ2) is 11.8. The zero-order valence-electron chi connectivity index (χ0n) is 20.0. The first-order valence-electron chi connectivity index (χ1n) is 10.9. The van der Waals surface area contributed by atoms with Crippen molar-refractivity contribution in [2.45, 2.75) is 57.0 Å². The Morgan fingerprint density at radius 1 is 1.00 bits per heavy atom. The van der Waals surface area contributed by atoms with Gasteiger partial charge in [0.25, 0.3) is 27.8 Å². The topological polar surface area (TPSA) is 188 Å². The van der Waals surface area contributed by atoms with Gasteiger partial charge in [0.05, 0.1) is 5.56 Å². The van der Waals surface area contributed by atoms with Crippen LogP contribution in [0.5, 0.6) is 0 Å². The molecule has 0 fully saturated rings. The number of unbranched alkanes of at least 4 members (excludes halogenated alkanes) is 2. The fraction of sp³-hybridized carbons (Fsp3) is 0.409. The number of hydrogen-bond acceptors (Lipinski definition) is 8. The molecule has 0 aliphatic carbocycles. The second-order valence-corrected chi connectivity index (χ2v) is 10.2. The minimum atomic E-state index is -4.87. The van der Waals surface area contributed by atoms with Crippen LogP contribution in [0.2, 0.25) is 0 Å². The molecule has 1 aliphatic heterocycles. The predicted octanol–water partition coefficient (Wildman–Crippen LogP) is 1.53. The van der Waals surface area contributed by atoms with Crippen LogP contribution in [-0.4, -0.2) is 59.7 Å². The molecule has 0 unspecified atom stereocenters. The van der Waals surface area contributed by atoms with E-state index >= 15 is 0 Å². The summed E-state index contributed by atoms with van der Waals surface area (Å²) in [6, 6.07) is 3.22. The van der Waals surface area contributed by atoms with Crippen LogP contribution >= 0.6 is 0 Å². The van der Waals surface area contributed by atoms with E-state index in [1.54, 1.807) is 20.8 Å². The number of nitrogens with one attached hydrogen (secondary N) is 3. The van der Waals surface area contributed by atoms with E-state index in [4.69, 9.17) is 4.74 Å². The molecular weight excluding hydrogens is 496 g/mol. The molecular formula is C22H28N4O9S. The molecule has 1 aromatic rings. The van der Waals surface area contributed by atoms with E-state index in [1.165, 1.54) is 18.2 Å². The Labute approximate surface area is 208 Å². The maximum atomic E-state index is 12.4. The van der Waals surface area contributed by atoms with Crippen molar-refractivity contribution in [1.29, 1.82) is 0 Å². The van der Waals surface area contributed by atoms with Crippen molar-refractivity contribution in [2.24, 2.45) is 0 Å². The molecule has 0 radical (unpaired) electrons. The fourth-order valence-corrected chi connectivity index (χ4v) is 3.80. The molecule has 0 saturated heterocycles. The summed E-state index contributed by atoms with van der Waals surface area (Å²) in [6.07, 6.45) is 3.00. The van der Waals surface area contributed by atoms with Crippen molar-refractivity contribution < 1.29 is 41.7 Å². The number of amides is 5. The van der Waals surface area contributed by atoms with Crippen LogP contribution in [0.25, 0.3) is 0 Å². The molecule has 196 valence electrons. The van der Waals surface area contributed by atoms with E-state index in [0.29, 0.717) is 19.3 Å². The highest BCUT2D eigenvalue weighted by atomic mass is 32.2. The van der Waals surface area contributed by atoms with Gasteiger partial charge in [0.1, 0.15) is 10.5 Å². The van der Waals surface area contributed by atoms with E-state index in [0.717, 1.165) is 17.0 Å². The van der Waals surface area contributed by atoms with Crippen molar-refractivity contribution in [3.05, 3.63) is 35.9 Å². The molecule has 1 aromatic carbocycles. The summed E-state index contributed by atoms with van der Waals surface area (Å²) in [6.45, 7) is 5.06. The number of hydrogen-bond donors (Lipinski definition) is 4. The third kappa shape index (κ3) is 8.78. The van der Waals surface area contributed by atoms with Gasteiger partial charge < -0.3 is 10.1 Å². The quantitative estimate of drug-likeness (QED) is 0.161. The van der Waals surface area contributed by atoms with Gasteiger partial charge in [-0.05, 0) is 51.8 Å². The number of carbonyl (C=O) groups excluding carboxylic acids is 5. The van der Waals surface area contributed by atoms with Crippen LogP contribution in [-0.2, 0) is 29.2 Å². The Morgan fingerprint density at radius 3 is 2.22 bits per heavy atom. The van der Waals surface area contributed by atoms with Gasteiger partial charge in [-0.2, -0.15) is 8.42 Å². The highest BCUT2D eigenvalue weighted by Gasteiger charge is 2.24. The van der Waals surface area contributed by atoms with Gasteiger partial charge in [0, 0.05) is 30.8 Å². The lowest BCUT2D eigenvalue weighted by Gasteiger charge is -2.20. The summed E-state index contributed by atoms with van der Waals surface area (Å²) in [5.41, 5.74) is 2.65. The lowest BCUT2D eigenvalue weighted by Crippen LogP contribution is -2.44. The minimum absolute atomic E-state index is 0.0172. The zero-order valence-corrected chi connectivity index (χ0v) is 20.8. The minimum Gasteiger partial charge on any atom is -0.443 e. The molecule has 0 spiro atoms. The Bertz CT molecular complexity index is 1170. The number of ether oxygens (including phenoxy) is 1. The number of carbonyl (C=O) groups is 5. The average Bonchev–Trinajstić information content (AvgIpc) is 3.07. The van der Waals surface area contributed by atoms with Gasteiger partial charge >= 0.3 is 6.09 Å². The summed E-state index contributed by atoms with van der Waals surface area (Å²) in [4.78, 5) is 59.5. The van der Waals surface area contributed by atoms with Gasteiger partial charge in [0.2, 0.25) is 5.91 Å². The average molecular weight is 525 g/mol. The van der Waals surface area contributed by atoms with Gasteiger partial charge in [-0.25, -0.2) is 10.2 Å². The van der Waals surface area contributed by atoms with Gasteiger partial charge in [-0.1, -0.05) is 6.42 Å². The van der Waals surface area contributed by atoms with Crippen molar-refractivity contribution in [2.75, 3.05) is 11.9 Å². The highest BCUT2D eigenvalue weighted by Crippen LogP contribution is 2.21. The maximum absolute atomic E-state index is 12.4. The van der Waals surface area contributed by atoms with Crippen molar-refractivity contribution in [3.8, 4) is 0 Å². The molecule has 1 aliphatic rings. The molecule has 5 amide bonds. The first-order valence-corrected chi connectivity index (χ1v) is 12.4. The van der Waals surface area contributed by atoms with Crippen molar-refractivity contribution in [3.63, 3.8) is 0 Å². The molecule has 13 nitrogen and oxygen atoms in total. The Balaban J connectivity index is 1.91. The lowest BCUT2D eigenvalue weighted by molar-refractivity contribution is -0.136. The number of benzene rings is 1. The number of rotatable bonds is 9. The lowest BCUT2D eigenvalue weighted by atomic mass is 10.1. The molecule has 4 N–H and O–H groups in total. The third-order valence-electron chi connectivity index (χ3n) is 4.65. The number of imide groups is 1. The first-order chi connectivity index (χ1) is 16.7. The Morgan fingerprint density at radius 2 is 1.64 bits per heavy atom. The standard InChI is InChI=1S/C22H28N4O9S/c1-22(2,3)35-21(31)25-24-20(30)15-9-8-14(13-16(15)36(32,33)34)23-17(27)7-5-4-6-12-26-18(28)10-11-19(26)29/h8-11,13H,4-7,12H2,1-3H3,(H,23,27)(H,24,30)(H,25,31)(H,32,33,34). The maximum Gasteiger partial charge on any atom is 0.426 e. The van der Waals surface area contributed by atoms with E-state index in [2.05, 4.69) is 5.32 Å². The molecule has 0 bridgehead atoms. The Kier molecular flexibility index (Phi) is 9.30. The number of anilines is 1. The Hall–Kier alpha value is -3.78. The third-order valence-corrected chi connectivity index (χ3v) is 5.54. The van der Waals surface area contributed by atoms with Gasteiger partial charge in [-0.15, -0.1) is 0 Å². The van der Waals surface area contributed by atoms with Crippen molar-refractivity contribution in [1.82, 2.24) is 15.8 Å². The molecule has 14 heteroatoms.